The van der Waals surface area contributed by atoms with Gasteiger partial charge >= 0.3 is 0 Å². The maximum Gasteiger partial charge on any atom is 0.140 e. The zero-order valence-corrected chi connectivity index (χ0v) is 9.96. The van der Waals surface area contributed by atoms with E-state index in [4.69, 9.17) is 4.52 Å². The van der Waals surface area contributed by atoms with Crippen molar-refractivity contribution in [2.75, 3.05) is 0 Å². The van der Waals surface area contributed by atoms with Gasteiger partial charge in [-0.15, -0.1) is 0 Å². The van der Waals surface area contributed by atoms with Crippen LogP contribution in [0, 0.1) is 5.92 Å². The normalized spacial score (nSPS) is 24.4. The minimum atomic E-state index is 0.748. The molecule has 1 fully saturated rings. The van der Waals surface area contributed by atoms with E-state index in [2.05, 4.69) is 17.4 Å². The van der Waals surface area contributed by atoms with Gasteiger partial charge in [0.05, 0.1) is 0 Å². The molecule has 1 heterocycles. The summed E-state index contributed by atoms with van der Waals surface area (Å²) < 4.78 is 5.44. The second kappa shape index (κ2) is 4.21. The molecular weight excluding hydrogens is 200 g/mol. The van der Waals surface area contributed by atoms with Crippen molar-refractivity contribution in [1.82, 2.24) is 10.5 Å². The van der Waals surface area contributed by atoms with E-state index in [0.29, 0.717) is 0 Å². The zero-order chi connectivity index (χ0) is 11.0. The van der Waals surface area contributed by atoms with Gasteiger partial charge in [-0.3, -0.25) is 0 Å². The van der Waals surface area contributed by atoms with Crippen LogP contribution >= 0.6 is 0 Å². The lowest BCUT2D eigenvalue weighted by atomic mass is 9.85. The fraction of sp³-hybridized carbons (Fsp3) is 0.769. The van der Waals surface area contributed by atoms with Crippen molar-refractivity contribution < 1.29 is 4.52 Å². The maximum absolute atomic E-state index is 5.44. The Morgan fingerprint density at radius 1 is 1.38 bits per heavy atom. The summed E-state index contributed by atoms with van der Waals surface area (Å²) in [5.41, 5.74) is 2.58. The molecule has 1 aromatic heterocycles. The Bertz CT molecular complexity index is 368. The molecule has 2 aliphatic rings. The van der Waals surface area contributed by atoms with Gasteiger partial charge in [-0.2, -0.15) is 0 Å². The van der Waals surface area contributed by atoms with Crippen molar-refractivity contribution in [3.05, 3.63) is 17.0 Å². The van der Waals surface area contributed by atoms with Crippen LogP contribution in [0.3, 0.4) is 0 Å². The summed E-state index contributed by atoms with van der Waals surface area (Å²) in [7, 11) is 0. The second-order valence-corrected chi connectivity index (χ2v) is 5.20. The van der Waals surface area contributed by atoms with Crippen molar-refractivity contribution in [3.63, 3.8) is 0 Å². The van der Waals surface area contributed by atoms with E-state index in [9.17, 15) is 0 Å². The SMILES string of the molecule is CCC1CCc2onc(CNC3CC3)c2C1. The highest BCUT2D eigenvalue weighted by Gasteiger charge is 2.26. The number of aryl methyl sites for hydroxylation is 1. The maximum atomic E-state index is 5.44. The van der Waals surface area contributed by atoms with Crippen LogP contribution in [0.5, 0.6) is 0 Å². The number of nitrogens with zero attached hydrogens (tertiary/aromatic N) is 1. The Kier molecular flexibility index (Phi) is 2.72. The van der Waals surface area contributed by atoms with E-state index < -0.39 is 0 Å². The number of aromatic nitrogens is 1. The average Bonchev–Trinajstić information content (AvgIpc) is 3.06. The molecule has 0 spiro atoms. The van der Waals surface area contributed by atoms with Gasteiger partial charge in [-0.25, -0.2) is 0 Å². The number of hydrogen-bond donors (Lipinski definition) is 1. The van der Waals surface area contributed by atoms with E-state index >= 15 is 0 Å². The minimum Gasteiger partial charge on any atom is -0.361 e. The summed E-state index contributed by atoms with van der Waals surface area (Å²) in [4.78, 5) is 0. The summed E-state index contributed by atoms with van der Waals surface area (Å²) in [6.45, 7) is 3.19. The Labute approximate surface area is 96.6 Å². The quantitative estimate of drug-likeness (QED) is 0.847. The van der Waals surface area contributed by atoms with Gasteiger partial charge in [0.1, 0.15) is 11.5 Å². The monoisotopic (exact) mass is 220 g/mol. The molecule has 0 saturated heterocycles. The van der Waals surface area contributed by atoms with Gasteiger partial charge < -0.3 is 9.84 Å². The third kappa shape index (κ3) is 2.01. The Morgan fingerprint density at radius 3 is 3.00 bits per heavy atom. The molecule has 1 saturated carbocycles. The molecule has 1 atom stereocenters. The number of rotatable bonds is 4. The highest BCUT2D eigenvalue weighted by atomic mass is 16.5. The number of fused-ring (bicyclic) bond motifs is 1. The van der Waals surface area contributed by atoms with Crippen LogP contribution in [0.1, 0.15) is 49.6 Å². The highest BCUT2D eigenvalue weighted by molar-refractivity contribution is 5.26. The lowest BCUT2D eigenvalue weighted by molar-refractivity contribution is 0.343. The third-order valence-electron chi connectivity index (χ3n) is 3.94. The molecule has 1 aromatic rings. The van der Waals surface area contributed by atoms with Crippen LogP contribution in [0.15, 0.2) is 4.52 Å². The van der Waals surface area contributed by atoms with E-state index in [1.54, 1.807) is 0 Å². The highest BCUT2D eigenvalue weighted by Crippen LogP contribution is 2.30. The summed E-state index contributed by atoms with van der Waals surface area (Å²) in [6.07, 6.45) is 7.48. The van der Waals surface area contributed by atoms with E-state index in [0.717, 1.165) is 30.7 Å². The summed E-state index contributed by atoms with van der Waals surface area (Å²) >= 11 is 0. The van der Waals surface area contributed by atoms with Crippen molar-refractivity contribution >= 4 is 0 Å². The van der Waals surface area contributed by atoms with Gasteiger partial charge in [-0.1, -0.05) is 18.5 Å². The van der Waals surface area contributed by atoms with Crippen LogP contribution in [0.4, 0.5) is 0 Å². The standard InChI is InChI=1S/C13H20N2O/c1-2-9-3-6-13-11(7-9)12(15-16-13)8-14-10-4-5-10/h9-10,14H,2-8H2,1H3. The number of nitrogens with one attached hydrogen (secondary N) is 1. The zero-order valence-electron chi connectivity index (χ0n) is 9.96. The molecule has 0 aromatic carbocycles. The largest absolute Gasteiger partial charge is 0.361 e. The van der Waals surface area contributed by atoms with Gasteiger partial charge in [-0.05, 0) is 31.6 Å². The molecule has 0 bridgehead atoms. The fourth-order valence-electron chi connectivity index (χ4n) is 2.55. The molecule has 0 amide bonds. The molecule has 3 nitrogen and oxygen atoms in total. The van der Waals surface area contributed by atoms with E-state index in [-0.39, 0.29) is 0 Å². The Hall–Kier alpha value is -0.830. The number of hydrogen-bond acceptors (Lipinski definition) is 3. The molecule has 88 valence electrons. The van der Waals surface area contributed by atoms with Crippen molar-refractivity contribution in [1.29, 1.82) is 0 Å². The van der Waals surface area contributed by atoms with Crippen LogP contribution in [-0.2, 0) is 19.4 Å². The molecule has 0 radical (unpaired) electrons. The van der Waals surface area contributed by atoms with Gasteiger partial charge in [0.15, 0.2) is 0 Å². The Balaban J connectivity index is 1.71. The topological polar surface area (TPSA) is 38.1 Å². The van der Waals surface area contributed by atoms with Crippen molar-refractivity contribution in [3.8, 4) is 0 Å². The predicted octanol–water partition coefficient (Wildman–Crippen LogP) is 2.44. The van der Waals surface area contributed by atoms with Crippen molar-refractivity contribution in [2.45, 2.75) is 58.0 Å². The first-order chi connectivity index (χ1) is 7.86. The summed E-state index contributed by atoms with van der Waals surface area (Å²) in [5.74, 6) is 1.99. The molecular formula is C13H20N2O. The van der Waals surface area contributed by atoms with Gasteiger partial charge in [0, 0.05) is 24.6 Å². The first kappa shape index (κ1) is 10.3. The third-order valence-corrected chi connectivity index (χ3v) is 3.94. The predicted molar refractivity (Wildman–Crippen MR) is 62.2 cm³/mol. The average molecular weight is 220 g/mol. The molecule has 2 aliphatic carbocycles. The van der Waals surface area contributed by atoms with Crippen molar-refractivity contribution in [2.24, 2.45) is 5.92 Å². The van der Waals surface area contributed by atoms with Gasteiger partial charge in [0.2, 0.25) is 0 Å². The lowest BCUT2D eigenvalue weighted by Gasteiger charge is -2.19. The van der Waals surface area contributed by atoms with Crippen LogP contribution in [0.25, 0.3) is 0 Å². The summed E-state index contributed by atoms with van der Waals surface area (Å²) in [5, 5.41) is 7.75. The molecule has 1 N–H and O–H groups in total. The fourth-order valence-corrected chi connectivity index (χ4v) is 2.55. The first-order valence-corrected chi connectivity index (χ1v) is 6.56. The van der Waals surface area contributed by atoms with E-state index in [1.807, 2.05) is 0 Å². The van der Waals surface area contributed by atoms with Crippen LogP contribution < -0.4 is 5.32 Å². The Morgan fingerprint density at radius 2 is 2.25 bits per heavy atom. The van der Waals surface area contributed by atoms with E-state index in [1.165, 1.54) is 43.4 Å². The molecule has 1 unspecified atom stereocenters. The molecule has 3 rings (SSSR count). The minimum absolute atomic E-state index is 0.748. The smallest absolute Gasteiger partial charge is 0.140 e. The van der Waals surface area contributed by atoms with Crippen LogP contribution in [-0.4, -0.2) is 11.2 Å². The molecule has 16 heavy (non-hydrogen) atoms. The second-order valence-electron chi connectivity index (χ2n) is 5.20. The summed E-state index contributed by atoms with van der Waals surface area (Å²) in [6, 6.07) is 0.748. The lowest BCUT2D eigenvalue weighted by Crippen LogP contribution is -2.19. The molecule has 0 aliphatic heterocycles. The molecule has 3 heteroatoms. The van der Waals surface area contributed by atoms with Crippen LogP contribution in [0.2, 0.25) is 0 Å². The first-order valence-electron chi connectivity index (χ1n) is 6.56. The van der Waals surface area contributed by atoms with Gasteiger partial charge in [0.25, 0.3) is 0 Å².